The average Bonchev–Trinajstić information content (AvgIpc) is 3.65. The lowest BCUT2D eigenvalue weighted by molar-refractivity contribution is -0.108. The summed E-state index contributed by atoms with van der Waals surface area (Å²) in [5.74, 6) is 0.732. The van der Waals surface area contributed by atoms with Gasteiger partial charge in [-0.25, -0.2) is 4.79 Å². The van der Waals surface area contributed by atoms with Crippen LogP contribution < -0.4 is 0 Å². The summed E-state index contributed by atoms with van der Waals surface area (Å²) in [5.41, 5.74) is 1.01. The molecule has 1 spiro atoms. The fraction of sp³-hybridized carbons (Fsp3) is 0.767. The molecule has 2 saturated carbocycles. The van der Waals surface area contributed by atoms with Crippen molar-refractivity contribution in [3.63, 3.8) is 0 Å². The highest BCUT2D eigenvalue weighted by molar-refractivity contribution is 5.68. The number of piperidine rings is 1. The first kappa shape index (κ1) is 26.9. The molecular formula is C30H48N4O3. The molecule has 0 aromatic heterocycles. The molecule has 2 aliphatic carbocycles. The van der Waals surface area contributed by atoms with E-state index >= 15 is 0 Å². The molecule has 2 saturated heterocycles. The number of carbonyl (C=O) groups is 1. The molecule has 1 amide bonds. The maximum Gasteiger partial charge on any atom is 0.410 e. The van der Waals surface area contributed by atoms with Crippen LogP contribution in [0.1, 0.15) is 77.7 Å². The van der Waals surface area contributed by atoms with Gasteiger partial charge in [0.1, 0.15) is 5.60 Å². The number of amides is 1. The van der Waals surface area contributed by atoms with E-state index in [0.717, 1.165) is 57.5 Å². The topological polar surface area (TPSA) is 59.5 Å². The summed E-state index contributed by atoms with van der Waals surface area (Å²) in [6.45, 7) is 9.06. The summed E-state index contributed by atoms with van der Waals surface area (Å²) in [6, 6.07) is 11.3. The van der Waals surface area contributed by atoms with Gasteiger partial charge in [0.05, 0.1) is 0 Å². The summed E-state index contributed by atoms with van der Waals surface area (Å²) in [6.07, 6.45) is 8.00. The van der Waals surface area contributed by atoms with Gasteiger partial charge in [-0.05, 0) is 97.7 Å². The maximum absolute atomic E-state index is 12.6. The highest BCUT2D eigenvalue weighted by atomic mass is 16.6. The number of nitrogens with zero attached hydrogens (tertiary/aromatic N) is 4. The molecule has 0 bridgehead atoms. The molecule has 0 radical (unpaired) electrons. The lowest BCUT2D eigenvalue weighted by Crippen LogP contribution is -2.56. The first-order chi connectivity index (χ1) is 17.5. The Morgan fingerprint density at radius 1 is 1.03 bits per heavy atom. The second kappa shape index (κ2) is 10.1. The van der Waals surface area contributed by atoms with Crippen LogP contribution in [0.15, 0.2) is 30.3 Å². The third kappa shape index (κ3) is 5.42. The highest BCUT2D eigenvalue weighted by Gasteiger charge is 2.56. The van der Waals surface area contributed by atoms with Gasteiger partial charge in [0.2, 0.25) is 0 Å². The third-order valence-electron chi connectivity index (χ3n) is 9.57. The van der Waals surface area contributed by atoms with E-state index in [9.17, 15) is 9.90 Å². The number of hydrogen-bond donors (Lipinski definition) is 1. The van der Waals surface area contributed by atoms with Gasteiger partial charge in [0.25, 0.3) is 0 Å². The van der Waals surface area contributed by atoms with E-state index < -0.39 is 12.0 Å². The second-order valence-electron chi connectivity index (χ2n) is 13.3. The molecule has 5 rings (SSSR count). The number of ether oxygens (including phenoxy) is 1. The van der Waals surface area contributed by atoms with Gasteiger partial charge in [-0.3, -0.25) is 14.7 Å². The van der Waals surface area contributed by atoms with Crippen molar-refractivity contribution in [2.45, 2.75) is 101 Å². The minimum absolute atomic E-state index is 0.0264. The molecule has 7 nitrogen and oxygen atoms in total. The van der Waals surface area contributed by atoms with E-state index in [1.807, 2.05) is 25.7 Å². The van der Waals surface area contributed by atoms with Crippen LogP contribution in [0, 0.1) is 5.92 Å². The van der Waals surface area contributed by atoms with Crippen molar-refractivity contribution in [3.8, 4) is 0 Å². The Kier molecular flexibility index (Phi) is 7.38. The normalized spacial score (nSPS) is 32.4. The van der Waals surface area contributed by atoms with Crippen LogP contribution in [0.2, 0.25) is 0 Å². The summed E-state index contributed by atoms with van der Waals surface area (Å²) in [4.78, 5) is 21.7. The molecule has 1 unspecified atom stereocenters. The molecule has 37 heavy (non-hydrogen) atoms. The fourth-order valence-corrected chi connectivity index (χ4v) is 7.14. The molecule has 4 aliphatic rings. The molecule has 2 heterocycles. The quantitative estimate of drug-likeness (QED) is 0.629. The number of rotatable bonds is 5. The fourth-order valence-electron chi connectivity index (χ4n) is 7.14. The van der Waals surface area contributed by atoms with Crippen molar-refractivity contribution in [2.75, 3.05) is 40.3 Å². The first-order valence-corrected chi connectivity index (χ1v) is 14.4. The number of benzene rings is 1. The third-order valence-corrected chi connectivity index (χ3v) is 9.57. The zero-order valence-electron chi connectivity index (χ0n) is 23.7. The van der Waals surface area contributed by atoms with Gasteiger partial charge < -0.3 is 14.7 Å². The number of hydrogen-bond acceptors (Lipinski definition) is 6. The Labute approximate surface area is 223 Å². The standard InChI is InChI=1S/C30H48N4O3/c1-28(2,3)37-27(36)32-19-13-25(14-20-32)33-22-29(34(26(33)35)21-23-11-12-23)15-17-30(18-16-29,31(4)5)24-9-7-6-8-10-24/h6-10,23,25-26,35H,11-22H2,1-5H3. The summed E-state index contributed by atoms with van der Waals surface area (Å²) in [5, 5.41) is 11.7. The lowest BCUT2D eigenvalue weighted by atomic mass is 9.68. The predicted molar refractivity (Wildman–Crippen MR) is 146 cm³/mol. The van der Waals surface area contributed by atoms with E-state index in [0.29, 0.717) is 19.1 Å². The number of carbonyl (C=O) groups excluding carboxylic acids is 1. The van der Waals surface area contributed by atoms with Crippen molar-refractivity contribution < 1.29 is 14.6 Å². The van der Waals surface area contributed by atoms with Gasteiger partial charge in [0.15, 0.2) is 6.35 Å². The molecule has 1 aromatic carbocycles. The smallest absolute Gasteiger partial charge is 0.410 e. The highest BCUT2D eigenvalue weighted by Crippen LogP contribution is 2.51. The minimum Gasteiger partial charge on any atom is -0.444 e. The van der Waals surface area contributed by atoms with Crippen LogP contribution in [-0.4, -0.2) is 94.6 Å². The van der Waals surface area contributed by atoms with E-state index in [4.69, 9.17) is 4.74 Å². The van der Waals surface area contributed by atoms with Gasteiger partial charge in [-0.1, -0.05) is 30.3 Å². The number of aliphatic hydroxyl groups excluding tert-OH is 1. The second-order valence-corrected chi connectivity index (χ2v) is 13.3. The van der Waals surface area contributed by atoms with E-state index in [2.05, 4.69) is 59.1 Å². The van der Waals surface area contributed by atoms with E-state index in [-0.39, 0.29) is 17.2 Å². The predicted octanol–water partition coefficient (Wildman–Crippen LogP) is 4.46. The molecule has 206 valence electrons. The Morgan fingerprint density at radius 3 is 2.19 bits per heavy atom. The Balaban J connectivity index is 1.29. The maximum atomic E-state index is 12.6. The zero-order chi connectivity index (χ0) is 26.4. The van der Waals surface area contributed by atoms with Gasteiger partial charge in [0, 0.05) is 43.3 Å². The monoisotopic (exact) mass is 512 g/mol. The van der Waals surface area contributed by atoms with Crippen LogP contribution in [0.4, 0.5) is 4.79 Å². The Morgan fingerprint density at radius 2 is 1.65 bits per heavy atom. The van der Waals surface area contributed by atoms with Crippen LogP contribution in [0.25, 0.3) is 0 Å². The van der Waals surface area contributed by atoms with E-state index in [1.165, 1.54) is 18.4 Å². The molecule has 2 aliphatic heterocycles. The Hall–Kier alpha value is -1.67. The van der Waals surface area contributed by atoms with Crippen LogP contribution in [-0.2, 0) is 10.3 Å². The van der Waals surface area contributed by atoms with E-state index in [1.54, 1.807) is 0 Å². The largest absolute Gasteiger partial charge is 0.444 e. The SMILES string of the molecule is CN(C)C1(c2ccccc2)CCC2(CC1)CN(C1CCN(C(=O)OC(C)(C)C)CC1)C(O)N2CC1CC1. The molecule has 1 aromatic rings. The van der Waals surface area contributed by atoms with Crippen molar-refractivity contribution in [1.82, 2.24) is 19.6 Å². The van der Waals surface area contributed by atoms with Crippen molar-refractivity contribution in [3.05, 3.63) is 35.9 Å². The lowest BCUT2D eigenvalue weighted by Gasteiger charge is -2.51. The summed E-state index contributed by atoms with van der Waals surface area (Å²) in [7, 11) is 4.45. The summed E-state index contributed by atoms with van der Waals surface area (Å²) >= 11 is 0. The molecule has 4 fully saturated rings. The summed E-state index contributed by atoms with van der Waals surface area (Å²) < 4.78 is 5.60. The van der Waals surface area contributed by atoms with Gasteiger partial charge in [-0.2, -0.15) is 0 Å². The number of aliphatic hydroxyl groups is 1. The van der Waals surface area contributed by atoms with Crippen LogP contribution >= 0.6 is 0 Å². The van der Waals surface area contributed by atoms with Crippen molar-refractivity contribution >= 4 is 6.09 Å². The Bertz CT molecular complexity index is 926. The van der Waals surface area contributed by atoms with Gasteiger partial charge in [-0.15, -0.1) is 0 Å². The van der Waals surface area contributed by atoms with Gasteiger partial charge >= 0.3 is 6.09 Å². The molecule has 1 atom stereocenters. The molecule has 1 N–H and O–H groups in total. The molecular weight excluding hydrogens is 464 g/mol. The number of likely N-dealkylation sites (tertiary alicyclic amines) is 1. The first-order valence-electron chi connectivity index (χ1n) is 14.4. The van der Waals surface area contributed by atoms with Crippen LogP contribution in [0.5, 0.6) is 0 Å². The van der Waals surface area contributed by atoms with Crippen molar-refractivity contribution in [1.29, 1.82) is 0 Å². The average molecular weight is 513 g/mol. The molecule has 7 heteroatoms. The zero-order valence-corrected chi connectivity index (χ0v) is 23.7. The van der Waals surface area contributed by atoms with Crippen LogP contribution in [0.3, 0.4) is 0 Å². The van der Waals surface area contributed by atoms with Crippen molar-refractivity contribution in [2.24, 2.45) is 5.92 Å². The minimum atomic E-state index is -0.526.